The molecule has 14 nitrogen and oxygen atoms in total. The summed E-state index contributed by atoms with van der Waals surface area (Å²) in [7, 11) is 0. The van der Waals surface area contributed by atoms with Gasteiger partial charge < -0.3 is 24.2 Å². The SMILES string of the molecule is O=C1CCC(N2Cc3c(OCc4ccc(CN5CC[NH+](Cc6ccc(COc7cccc8c7CN(C7CCC(=O)NC7=O)C8=O)cc6)C5)cc4)cccc3C2=O)C(=O)N1. The molecule has 6 amide bonds. The summed E-state index contributed by atoms with van der Waals surface area (Å²) in [6.07, 6.45) is 1.06. The fraction of sp³-hybridized carbons (Fsp3) is 0.333. The maximum atomic E-state index is 13.2. The van der Waals surface area contributed by atoms with Crippen molar-refractivity contribution in [2.45, 2.75) is 77.2 Å². The van der Waals surface area contributed by atoms with Crippen molar-refractivity contribution in [1.82, 2.24) is 25.3 Å². The van der Waals surface area contributed by atoms with Gasteiger partial charge in [0.2, 0.25) is 23.6 Å². The van der Waals surface area contributed by atoms with Gasteiger partial charge in [-0.15, -0.1) is 0 Å². The second-order valence-electron chi connectivity index (χ2n) is 16.0. The van der Waals surface area contributed by atoms with E-state index in [4.69, 9.17) is 9.47 Å². The third-order valence-corrected chi connectivity index (χ3v) is 12.0. The van der Waals surface area contributed by atoms with E-state index < -0.39 is 23.9 Å². The van der Waals surface area contributed by atoms with Crippen LogP contribution in [0.1, 0.15) is 79.8 Å². The zero-order chi connectivity index (χ0) is 40.6. The maximum Gasteiger partial charge on any atom is 0.255 e. The zero-order valence-corrected chi connectivity index (χ0v) is 32.5. The molecule has 4 aromatic rings. The van der Waals surface area contributed by atoms with E-state index in [9.17, 15) is 28.8 Å². The van der Waals surface area contributed by atoms with Crippen LogP contribution >= 0.6 is 0 Å². The Balaban J connectivity index is 0.730. The quantitative estimate of drug-likeness (QED) is 0.183. The van der Waals surface area contributed by atoms with Gasteiger partial charge >= 0.3 is 0 Å². The lowest BCUT2D eigenvalue weighted by Crippen LogP contribution is -3.09. The number of hydrogen-bond donors (Lipinski definition) is 3. The van der Waals surface area contributed by atoms with Crippen LogP contribution in [0.2, 0.25) is 0 Å². The summed E-state index contributed by atoms with van der Waals surface area (Å²) in [5.41, 5.74) is 7.09. The van der Waals surface area contributed by atoms with Crippen molar-refractivity contribution in [2.75, 3.05) is 19.8 Å². The van der Waals surface area contributed by atoms with Crippen LogP contribution in [0.25, 0.3) is 0 Å². The van der Waals surface area contributed by atoms with Crippen LogP contribution in [-0.4, -0.2) is 82.0 Å². The number of quaternary nitrogens is 1. The Morgan fingerprint density at radius 1 is 0.593 bits per heavy atom. The first kappa shape index (κ1) is 38.2. The second-order valence-corrected chi connectivity index (χ2v) is 16.0. The summed E-state index contributed by atoms with van der Waals surface area (Å²) >= 11 is 0. The van der Waals surface area contributed by atoms with Crippen molar-refractivity contribution in [2.24, 2.45) is 0 Å². The van der Waals surface area contributed by atoms with Gasteiger partial charge in [0.15, 0.2) is 0 Å². The Bertz CT molecular complexity index is 2180. The van der Waals surface area contributed by atoms with E-state index in [-0.39, 0.29) is 49.6 Å². The van der Waals surface area contributed by atoms with E-state index in [1.807, 2.05) is 12.1 Å². The monoisotopic (exact) mass is 797 g/mol. The lowest BCUT2D eigenvalue weighted by molar-refractivity contribution is -0.906. The highest BCUT2D eigenvalue weighted by Crippen LogP contribution is 2.35. The van der Waals surface area contributed by atoms with Gasteiger partial charge in [-0.2, -0.15) is 0 Å². The normalized spacial score (nSPS) is 21.7. The van der Waals surface area contributed by atoms with Crippen molar-refractivity contribution in [1.29, 1.82) is 0 Å². The molecule has 59 heavy (non-hydrogen) atoms. The van der Waals surface area contributed by atoms with Crippen LogP contribution in [0.4, 0.5) is 0 Å². The third kappa shape index (κ3) is 7.93. The number of carbonyl (C=O) groups excluding carboxylic acids is 6. The molecule has 3 unspecified atom stereocenters. The Morgan fingerprint density at radius 2 is 1.07 bits per heavy atom. The fourth-order valence-electron chi connectivity index (χ4n) is 8.82. The lowest BCUT2D eigenvalue weighted by Gasteiger charge is -2.29. The van der Waals surface area contributed by atoms with Crippen molar-refractivity contribution in [3.8, 4) is 11.5 Å². The Morgan fingerprint density at radius 3 is 1.56 bits per heavy atom. The predicted octanol–water partition coefficient (Wildman–Crippen LogP) is 2.22. The standard InChI is InChI=1S/C45H44N6O8/c52-40-17-15-36(42(54)46-40)50-23-34-32(44(50)56)3-1-5-38(34)58-25-30-11-7-28(8-12-30)21-48-19-20-49(27-48)22-29-9-13-31(14-10-29)26-59-39-6-2-4-33-35(39)24-51(45(33)57)37-16-18-41(53)47-43(37)55/h1-14,36-37H,15-27H2,(H,46,52,54)(H,47,53,55)/p+1. The molecule has 5 aliphatic rings. The van der Waals surface area contributed by atoms with Crippen molar-refractivity contribution in [3.63, 3.8) is 0 Å². The van der Waals surface area contributed by atoms with Gasteiger partial charge in [0.25, 0.3) is 11.8 Å². The average Bonchev–Trinajstić information content (AvgIpc) is 3.92. The first-order valence-electron chi connectivity index (χ1n) is 20.2. The number of carbonyl (C=O) groups is 6. The molecule has 3 N–H and O–H groups in total. The van der Waals surface area contributed by atoms with Crippen LogP contribution in [-0.2, 0) is 58.6 Å². The van der Waals surface area contributed by atoms with Gasteiger partial charge in [0.1, 0.15) is 50.0 Å². The van der Waals surface area contributed by atoms with Gasteiger partial charge in [0.05, 0.1) is 26.2 Å². The molecule has 0 spiro atoms. The van der Waals surface area contributed by atoms with Gasteiger partial charge in [-0.25, -0.2) is 4.90 Å². The topological polar surface area (TPSA) is 159 Å². The summed E-state index contributed by atoms with van der Waals surface area (Å²) in [5, 5.41) is 4.69. The average molecular weight is 798 g/mol. The minimum absolute atomic E-state index is 0.212. The number of nitrogens with zero attached hydrogens (tertiary/aromatic N) is 3. The highest BCUT2D eigenvalue weighted by molar-refractivity contribution is 6.06. The number of ether oxygens (including phenoxy) is 2. The van der Waals surface area contributed by atoms with E-state index >= 15 is 0 Å². The molecule has 3 atom stereocenters. The third-order valence-electron chi connectivity index (χ3n) is 12.0. The van der Waals surface area contributed by atoms with Crippen molar-refractivity contribution < 1.29 is 43.1 Å². The first-order valence-corrected chi connectivity index (χ1v) is 20.2. The minimum atomic E-state index is -0.667. The Kier molecular flexibility index (Phi) is 10.4. The molecule has 0 aliphatic carbocycles. The van der Waals surface area contributed by atoms with Crippen LogP contribution in [0, 0.1) is 0 Å². The number of amides is 6. The van der Waals surface area contributed by atoms with Crippen LogP contribution in [0.3, 0.4) is 0 Å². The van der Waals surface area contributed by atoms with Crippen LogP contribution in [0.5, 0.6) is 11.5 Å². The van der Waals surface area contributed by atoms with Crippen molar-refractivity contribution >= 4 is 35.4 Å². The largest absolute Gasteiger partial charge is 0.489 e. The molecule has 5 aliphatic heterocycles. The van der Waals surface area contributed by atoms with Crippen LogP contribution < -0.4 is 25.0 Å². The zero-order valence-electron chi connectivity index (χ0n) is 32.5. The van der Waals surface area contributed by atoms with Gasteiger partial charge in [0, 0.05) is 47.2 Å². The van der Waals surface area contributed by atoms with E-state index in [0.717, 1.165) is 55.1 Å². The molecule has 3 fully saturated rings. The molecule has 302 valence electrons. The number of imide groups is 2. The number of benzene rings is 4. The number of nitrogens with one attached hydrogen (secondary N) is 3. The predicted molar refractivity (Wildman–Crippen MR) is 211 cm³/mol. The van der Waals surface area contributed by atoms with Crippen molar-refractivity contribution in [3.05, 3.63) is 129 Å². The lowest BCUT2D eigenvalue weighted by atomic mass is 10.0. The summed E-state index contributed by atoms with van der Waals surface area (Å²) in [6, 6.07) is 26.3. The molecule has 0 saturated carbocycles. The van der Waals surface area contributed by atoms with Crippen LogP contribution in [0.15, 0.2) is 84.9 Å². The molecular formula is C45H45N6O8+. The summed E-state index contributed by atoms with van der Waals surface area (Å²) in [6.45, 7) is 5.99. The molecular weight excluding hydrogens is 753 g/mol. The maximum absolute atomic E-state index is 13.2. The van der Waals surface area contributed by atoms with E-state index in [2.05, 4.69) is 64.1 Å². The Hall–Kier alpha value is -6.38. The van der Waals surface area contributed by atoms with Gasteiger partial charge in [-0.3, -0.25) is 39.4 Å². The highest BCUT2D eigenvalue weighted by Gasteiger charge is 2.41. The highest BCUT2D eigenvalue weighted by atomic mass is 16.5. The van der Waals surface area contributed by atoms with E-state index in [0.29, 0.717) is 48.7 Å². The molecule has 4 aromatic carbocycles. The number of hydrogen-bond acceptors (Lipinski definition) is 9. The van der Waals surface area contributed by atoms with E-state index in [1.54, 1.807) is 24.3 Å². The smallest absolute Gasteiger partial charge is 0.255 e. The molecule has 0 aromatic heterocycles. The summed E-state index contributed by atoms with van der Waals surface area (Å²) in [5.74, 6) is -0.678. The molecule has 0 radical (unpaired) electrons. The second kappa shape index (κ2) is 16.1. The fourth-order valence-corrected chi connectivity index (χ4v) is 8.82. The molecule has 5 heterocycles. The summed E-state index contributed by atoms with van der Waals surface area (Å²) in [4.78, 5) is 81.6. The molecule has 14 heteroatoms. The summed E-state index contributed by atoms with van der Waals surface area (Å²) < 4.78 is 12.4. The van der Waals surface area contributed by atoms with Gasteiger partial charge in [-0.05, 0) is 53.8 Å². The number of rotatable bonds is 12. The number of piperidine rings is 2. The molecule has 0 bridgehead atoms. The number of fused-ring (bicyclic) bond motifs is 2. The minimum Gasteiger partial charge on any atom is -0.489 e. The Labute approximate surface area is 341 Å². The van der Waals surface area contributed by atoms with E-state index in [1.165, 1.54) is 25.8 Å². The van der Waals surface area contributed by atoms with Gasteiger partial charge in [-0.1, -0.05) is 60.7 Å². The first-order chi connectivity index (χ1) is 28.7. The molecule has 9 rings (SSSR count). The molecule has 3 saturated heterocycles.